The topological polar surface area (TPSA) is 125 Å². The predicted octanol–water partition coefficient (Wildman–Crippen LogP) is 2.39. The molecule has 0 unspecified atom stereocenters. The molecule has 1 atom stereocenters. The summed E-state index contributed by atoms with van der Waals surface area (Å²) in [4.78, 5) is 48.8. The van der Waals surface area contributed by atoms with Gasteiger partial charge in [0.1, 0.15) is 11.5 Å². The van der Waals surface area contributed by atoms with Crippen molar-refractivity contribution >= 4 is 29.0 Å². The second-order valence-corrected chi connectivity index (χ2v) is 6.78. The van der Waals surface area contributed by atoms with Gasteiger partial charge in [0.25, 0.3) is 5.69 Å². The molecule has 2 aromatic carbocycles. The first-order valence-corrected chi connectivity index (χ1v) is 9.30. The number of hydrogen-bond donors (Lipinski definition) is 0. The van der Waals surface area contributed by atoms with Gasteiger partial charge in [-0.25, -0.2) is 0 Å². The average molecular weight is 428 g/mol. The molecule has 0 saturated carbocycles. The summed E-state index contributed by atoms with van der Waals surface area (Å²) in [5, 5.41) is 10.9. The molecule has 2 aromatic rings. The first kappa shape index (κ1) is 21.8. The summed E-state index contributed by atoms with van der Waals surface area (Å²) in [5.41, 5.74) is 0.479. The van der Waals surface area contributed by atoms with Crippen LogP contribution in [0.25, 0.3) is 0 Å². The number of methoxy groups -OCH3 is 2. The number of ketones is 1. The van der Waals surface area contributed by atoms with Gasteiger partial charge >= 0.3 is 5.97 Å². The number of amides is 1. The van der Waals surface area contributed by atoms with Gasteiger partial charge in [0.05, 0.1) is 36.8 Å². The van der Waals surface area contributed by atoms with Crippen LogP contribution in [0.5, 0.6) is 11.5 Å². The molecule has 1 fully saturated rings. The molecule has 3 rings (SSSR count). The molecule has 1 aliphatic rings. The van der Waals surface area contributed by atoms with Gasteiger partial charge in [0, 0.05) is 24.6 Å². The molecule has 0 radical (unpaired) electrons. The third kappa shape index (κ3) is 4.80. The van der Waals surface area contributed by atoms with Crippen LogP contribution in [0.4, 0.5) is 11.4 Å². The van der Waals surface area contributed by atoms with Crippen molar-refractivity contribution in [2.24, 2.45) is 5.92 Å². The lowest BCUT2D eigenvalue weighted by Crippen LogP contribution is -2.27. The van der Waals surface area contributed by atoms with Crippen LogP contribution in [-0.2, 0) is 14.3 Å². The molecule has 0 aromatic heterocycles. The van der Waals surface area contributed by atoms with Crippen LogP contribution < -0.4 is 14.4 Å². The zero-order chi connectivity index (χ0) is 22.5. The van der Waals surface area contributed by atoms with Crippen LogP contribution in [0.1, 0.15) is 16.8 Å². The summed E-state index contributed by atoms with van der Waals surface area (Å²) in [5.74, 6) is -1.55. The zero-order valence-electron chi connectivity index (χ0n) is 16.9. The molecule has 0 spiro atoms. The van der Waals surface area contributed by atoms with Crippen LogP contribution in [0, 0.1) is 16.0 Å². The van der Waals surface area contributed by atoms with Crippen molar-refractivity contribution in [3.05, 3.63) is 58.1 Å². The molecule has 1 saturated heterocycles. The molecule has 0 bridgehead atoms. The Hall–Kier alpha value is -3.95. The van der Waals surface area contributed by atoms with Crippen molar-refractivity contribution in [1.29, 1.82) is 0 Å². The van der Waals surface area contributed by atoms with E-state index in [1.54, 1.807) is 18.2 Å². The Balaban J connectivity index is 1.65. The van der Waals surface area contributed by atoms with E-state index in [1.807, 2.05) is 0 Å². The fourth-order valence-corrected chi connectivity index (χ4v) is 3.24. The number of nitro groups is 1. The molecule has 162 valence electrons. The molecule has 1 aliphatic heterocycles. The number of anilines is 1. The number of carbonyl (C=O) groups is 3. The Morgan fingerprint density at radius 2 is 1.94 bits per heavy atom. The van der Waals surface area contributed by atoms with Gasteiger partial charge in [-0.05, 0) is 18.2 Å². The maximum absolute atomic E-state index is 12.5. The number of ether oxygens (including phenoxy) is 3. The molecule has 10 nitrogen and oxygen atoms in total. The van der Waals surface area contributed by atoms with Gasteiger partial charge < -0.3 is 19.1 Å². The van der Waals surface area contributed by atoms with E-state index in [0.29, 0.717) is 17.0 Å². The molecule has 0 aliphatic carbocycles. The number of non-ortho nitro benzene ring substituents is 1. The molecular weight excluding hydrogens is 408 g/mol. The summed E-state index contributed by atoms with van der Waals surface area (Å²) in [6.45, 7) is -0.448. The number of esters is 1. The highest BCUT2D eigenvalue weighted by Crippen LogP contribution is 2.36. The van der Waals surface area contributed by atoms with Gasteiger partial charge in [-0.1, -0.05) is 12.1 Å². The van der Waals surface area contributed by atoms with Gasteiger partial charge in [-0.15, -0.1) is 0 Å². The normalized spacial score (nSPS) is 15.5. The zero-order valence-corrected chi connectivity index (χ0v) is 16.9. The number of nitrogens with zero attached hydrogens (tertiary/aromatic N) is 2. The number of Topliss-reactive ketones (excluding diaryl/α,β-unsaturated/α-hetero) is 1. The highest BCUT2D eigenvalue weighted by molar-refractivity contribution is 6.02. The first-order valence-electron chi connectivity index (χ1n) is 9.30. The largest absolute Gasteiger partial charge is 0.497 e. The molecule has 10 heteroatoms. The second-order valence-electron chi connectivity index (χ2n) is 6.78. The van der Waals surface area contributed by atoms with Crippen LogP contribution in [0.15, 0.2) is 42.5 Å². The van der Waals surface area contributed by atoms with E-state index >= 15 is 0 Å². The summed E-state index contributed by atoms with van der Waals surface area (Å²) in [6.07, 6.45) is -0.105. The minimum atomic E-state index is -0.773. The van der Waals surface area contributed by atoms with E-state index in [0.717, 1.165) is 0 Å². The van der Waals surface area contributed by atoms with E-state index in [9.17, 15) is 24.5 Å². The minimum absolute atomic E-state index is 0.0131. The summed E-state index contributed by atoms with van der Waals surface area (Å²) >= 11 is 0. The van der Waals surface area contributed by atoms with Crippen molar-refractivity contribution in [3.63, 3.8) is 0 Å². The van der Waals surface area contributed by atoms with Gasteiger partial charge in [0.15, 0.2) is 12.4 Å². The molecule has 1 amide bonds. The fourth-order valence-electron chi connectivity index (χ4n) is 3.24. The van der Waals surface area contributed by atoms with Crippen LogP contribution in [0.2, 0.25) is 0 Å². The third-order valence-electron chi connectivity index (χ3n) is 4.86. The number of carbonyl (C=O) groups excluding carboxylic acids is 3. The standard InChI is InChI=1S/C21H20N2O8/c1-29-16-5-3-4-13(8-16)18(24)12-31-21(26)14-9-20(25)22(11-14)17-7-6-15(23(27)28)10-19(17)30-2/h3-8,10,14H,9,11-12H2,1-2H3/t14-/m1/s1. The number of hydrogen-bond acceptors (Lipinski definition) is 8. The SMILES string of the molecule is COc1cccc(C(=O)COC(=O)[C@@H]2CC(=O)N(c3ccc([N+](=O)[O-])cc3OC)C2)c1. The molecule has 31 heavy (non-hydrogen) atoms. The van der Waals surface area contributed by atoms with Crippen LogP contribution >= 0.6 is 0 Å². The molecular formula is C21H20N2O8. The molecule has 0 N–H and O–H groups in total. The molecule has 1 heterocycles. The summed E-state index contributed by atoms with van der Waals surface area (Å²) < 4.78 is 15.4. The van der Waals surface area contributed by atoms with Crippen molar-refractivity contribution in [3.8, 4) is 11.5 Å². The maximum Gasteiger partial charge on any atom is 0.311 e. The smallest absolute Gasteiger partial charge is 0.311 e. The van der Waals surface area contributed by atoms with Crippen molar-refractivity contribution in [2.75, 3.05) is 32.3 Å². The number of rotatable bonds is 8. The fraction of sp³-hybridized carbons (Fsp3) is 0.286. The lowest BCUT2D eigenvalue weighted by Gasteiger charge is -2.19. The highest BCUT2D eigenvalue weighted by atomic mass is 16.6. The van der Waals surface area contributed by atoms with Gasteiger partial charge in [0.2, 0.25) is 5.91 Å². The Bertz CT molecular complexity index is 1040. The summed E-state index contributed by atoms with van der Waals surface area (Å²) in [7, 11) is 2.81. The monoisotopic (exact) mass is 428 g/mol. The van der Waals surface area contributed by atoms with Crippen molar-refractivity contribution in [2.45, 2.75) is 6.42 Å². The van der Waals surface area contributed by atoms with Crippen molar-refractivity contribution in [1.82, 2.24) is 0 Å². The predicted molar refractivity (Wildman–Crippen MR) is 108 cm³/mol. The van der Waals surface area contributed by atoms with Crippen molar-refractivity contribution < 1.29 is 33.5 Å². The van der Waals surface area contributed by atoms with E-state index in [4.69, 9.17) is 14.2 Å². The quantitative estimate of drug-likeness (QED) is 0.272. The Morgan fingerprint density at radius 3 is 2.61 bits per heavy atom. The average Bonchev–Trinajstić information content (AvgIpc) is 3.18. The van der Waals surface area contributed by atoms with E-state index < -0.39 is 29.2 Å². The summed E-state index contributed by atoms with van der Waals surface area (Å²) in [6, 6.07) is 10.3. The highest BCUT2D eigenvalue weighted by Gasteiger charge is 2.37. The first-order chi connectivity index (χ1) is 14.8. The van der Waals surface area contributed by atoms with Crippen LogP contribution in [-0.4, -0.2) is 50.0 Å². The lowest BCUT2D eigenvalue weighted by molar-refractivity contribution is -0.384. The van der Waals surface area contributed by atoms with E-state index in [1.165, 1.54) is 43.4 Å². The van der Waals surface area contributed by atoms with E-state index in [-0.39, 0.29) is 30.3 Å². The van der Waals surface area contributed by atoms with E-state index in [2.05, 4.69) is 0 Å². The minimum Gasteiger partial charge on any atom is -0.497 e. The maximum atomic E-state index is 12.5. The Labute approximate surface area is 177 Å². The Morgan fingerprint density at radius 1 is 1.16 bits per heavy atom. The lowest BCUT2D eigenvalue weighted by atomic mass is 10.1. The van der Waals surface area contributed by atoms with Gasteiger partial charge in [-0.3, -0.25) is 24.5 Å². The Kier molecular flexibility index (Phi) is 6.49. The van der Waals surface area contributed by atoms with Gasteiger partial charge in [-0.2, -0.15) is 0 Å². The third-order valence-corrected chi connectivity index (χ3v) is 4.86. The number of benzene rings is 2. The second kappa shape index (κ2) is 9.24. The number of nitro benzene ring substituents is 1. The van der Waals surface area contributed by atoms with Crippen LogP contribution in [0.3, 0.4) is 0 Å².